The van der Waals surface area contributed by atoms with Crippen molar-refractivity contribution < 1.29 is 29.0 Å². The van der Waals surface area contributed by atoms with Crippen LogP contribution in [0, 0.1) is 0 Å². The van der Waals surface area contributed by atoms with Gasteiger partial charge in [-0.1, -0.05) is 12.1 Å². The van der Waals surface area contributed by atoms with E-state index < -0.39 is 17.5 Å². The number of hydrogen-bond acceptors (Lipinski definition) is 5. The first-order valence-corrected chi connectivity index (χ1v) is 8.94. The van der Waals surface area contributed by atoms with Crippen LogP contribution in [0.25, 0.3) is 0 Å². The molecule has 0 spiro atoms. The van der Waals surface area contributed by atoms with Gasteiger partial charge in [-0.15, -0.1) is 0 Å². The molecule has 3 heterocycles. The number of rotatable bonds is 2. The first-order chi connectivity index (χ1) is 13.5. The highest BCUT2D eigenvalue weighted by molar-refractivity contribution is 6.22. The Morgan fingerprint density at radius 2 is 1.75 bits per heavy atom. The molecule has 8 nitrogen and oxygen atoms in total. The van der Waals surface area contributed by atoms with Crippen molar-refractivity contribution in [3.63, 3.8) is 0 Å². The maximum absolute atomic E-state index is 13.4. The third-order valence-electron chi connectivity index (χ3n) is 5.38. The van der Waals surface area contributed by atoms with E-state index in [0.29, 0.717) is 36.1 Å². The molecule has 0 saturated carbocycles. The van der Waals surface area contributed by atoms with Crippen LogP contribution in [0.2, 0.25) is 0 Å². The predicted molar refractivity (Wildman–Crippen MR) is 97.8 cm³/mol. The number of carboxylic acids is 1. The number of fused-ring (bicyclic) bond motifs is 4. The molecule has 2 amide bonds. The normalized spacial score (nSPS) is 22.7. The van der Waals surface area contributed by atoms with E-state index in [9.17, 15) is 19.5 Å². The largest absolute Gasteiger partial charge is 0.486 e. The van der Waals surface area contributed by atoms with Crippen molar-refractivity contribution in [3.8, 4) is 11.5 Å². The summed E-state index contributed by atoms with van der Waals surface area (Å²) in [6, 6.07) is 11.4. The molecular weight excluding hydrogens is 364 g/mol. The molecule has 5 rings (SSSR count). The summed E-state index contributed by atoms with van der Waals surface area (Å²) in [7, 11) is 0. The van der Waals surface area contributed by atoms with Crippen molar-refractivity contribution in [3.05, 3.63) is 48.0 Å². The molecule has 1 fully saturated rings. The van der Waals surface area contributed by atoms with Gasteiger partial charge in [-0.3, -0.25) is 19.4 Å². The number of para-hydroxylation sites is 1. The molecule has 3 aliphatic heterocycles. The highest BCUT2D eigenvalue weighted by Crippen LogP contribution is 2.47. The monoisotopic (exact) mass is 380 g/mol. The number of carbonyl (C=O) groups is 3. The third kappa shape index (κ3) is 2.02. The zero-order chi connectivity index (χ0) is 19.5. The lowest BCUT2D eigenvalue weighted by atomic mass is 9.95. The van der Waals surface area contributed by atoms with Crippen LogP contribution in [0.15, 0.2) is 42.5 Å². The summed E-state index contributed by atoms with van der Waals surface area (Å²) in [5.74, 6) is -1.09. The second kappa shape index (κ2) is 5.72. The quantitative estimate of drug-likeness (QED) is 0.856. The van der Waals surface area contributed by atoms with Gasteiger partial charge in [0.2, 0.25) is 11.6 Å². The fourth-order valence-electron chi connectivity index (χ4n) is 4.19. The molecule has 0 unspecified atom stereocenters. The number of nitrogens with zero attached hydrogens (tertiary/aromatic N) is 2. The van der Waals surface area contributed by atoms with Gasteiger partial charge in [-0.25, -0.2) is 4.79 Å². The Balaban J connectivity index is 1.75. The zero-order valence-electron chi connectivity index (χ0n) is 14.8. The first-order valence-electron chi connectivity index (χ1n) is 8.94. The molecule has 0 aliphatic carbocycles. The average molecular weight is 380 g/mol. The number of carboxylic acid groups (broad SMARTS) is 1. The van der Waals surface area contributed by atoms with Gasteiger partial charge in [0, 0.05) is 18.9 Å². The van der Waals surface area contributed by atoms with E-state index in [1.807, 2.05) is 0 Å². The van der Waals surface area contributed by atoms with Crippen molar-refractivity contribution >= 4 is 29.2 Å². The molecular formula is C20H16N2O6. The summed E-state index contributed by atoms with van der Waals surface area (Å²) in [5, 5.41) is 10.2. The molecule has 2 aromatic carbocycles. The molecule has 0 bridgehead atoms. The topological polar surface area (TPSA) is 96.4 Å². The number of anilines is 2. The molecule has 1 atom stereocenters. The maximum Gasteiger partial charge on any atom is 0.351 e. The van der Waals surface area contributed by atoms with Crippen LogP contribution in [0.4, 0.5) is 11.4 Å². The summed E-state index contributed by atoms with van der Waals surface area (Å²) >= 11 is 0. The first kappa shape index (κ1) is 16.6. The number of benzene rings is 2. The number of aliphatic carboxylic acids is 1. The van der Waals surface area contributed by atoms with Crippen LogP contribution in [-0.4, -0.2) is 41.8 Å². The molecule has 1 saturated heterocycles. The Labute approximate surface area is 159 Å². The summed E-state index contributed by atoms with van der Waals surface area (Å²) < 4.78 is 11.1. The summed E-state index contributed by atoms with van der Waals surface area (Å²) in [4.78, 5) is 41.0. The second-order valence-corrected chi connectivity index (χ2v) is 6.84. The van der Waals surface area contributed by atoms with E-state index in [1.165, 1.54) is 9.80 Å². The lowest BCUT2D eigenvalue weighted by Crippen LogP contribution is -2.68. The van der Waals surface area contributed by atoms with Gasteiger partial charge in [0.05, 0.1) is 16.9 Å². The van der Waals surface area contributed by atoms with Crippen LogP contribution in [0.1, 0.15) is 23.2 Å². The van der Waals surface area contributed by atoms with E-state index in [0.717, 1.165) is 0 Å². The van der Waals surface area contributed by atoms with Gasteiger partial charge in [0.15, 0.2) is 11.5 Å². The van der Waals surface area contributed by atoms with Gasteiger partial charge in [-0.05, 0) is 24.3 Å². The van der Waals surface area contributed by atoms with Crippen molar-refractivity contribution in [1.82, 2.24) is 0 Å². The molecule has 0 radical (unpaired) electrons. The Hall–Kier alpha value is -3.55. The van der Waals surface area contributed by atoms with Crippen molar-refractivity contribution in [2.75, 3.05) is 23.0 Å². The Kier molecular flexibility index (Phi) is 3.39. The Morgan fingerprint density at radius 3 is 2.54 bits per heavy atom. The fraction of sp³-hybridized carbons (Fsp3) is 0.250. The standard InChI is InChI=1S/C20H16N2O6/c23-17-7-8-20(19(25)26)21(12-5-6-15-16(11-12)28-10-9-27-15)18(24)13-3-1-2-4-14(13)22(17)20/h1-6,11H,7-10H2,(H,25,26)/t20-/m1/s1. The summed E-state index contributed by atoms with van der Waals surface area (Å²) in [6.07, 6.45) is 0.0324. The lowest BCUT2D eigenvalue weighted by molar-refractivity contribution is -0.143. The molecule has 0 aromatic heterocycles. The van der Waals surface area contributed by atoms with Gasteiger partial charge in [0.25, 0.3) is 5.91 Å². The zero-order valence-corrected chi connectivity index (χ0v) is 14.8. The molecule has 142 valence electrons. The summed E-state index contributed by atoms with van der Waals surface area (Å²) in [6.45, 7) is 0.783. The lowest BCUT2D eigenvalue weighted by Gasteiger charge is -2.47. The summed E-state index contributed by atoms with van der Waals surface area (Å²) in [5.41, 5.74) is -0.867. The van der Waals surface area contributed by atoms with Crippen LogP contribution >= 0.6 is 0 Å². The second-order valence-electron chi connectivity index (χ2n) is 6.84. The minimum atomic E-state index is -1.81. The minimum Gasteiger partial charge on any atom is -0.486 e. The van der Waals surface area contributed by atoms with Gasteiger partial charge >= 0.3 is 5.97 Å². The number of hydrogen-bond donors (Lipinski definition) is 1. The highest BCUT2D eigenvalue weighted by Gasteiger charge is 2.62. The van der Waals surface area contributed by atoms with Crippen LogP contribution in [0.3, 0.4) is 0 Å². The minimum absolute atomic E-state index is 0.00428. The van der Waals surface area contributed by atoms with E-state index >= 15 is 0 Å². The van der Waals surface area contributed by atoms with Gasteiger partial charge in [0.1, 0.15) is 13.2 Å². The smallest absolute Gasteiger partial charge is 0.351 e. The van der Waals surface area contributed by atoms with E-state index in [2.05, 4.69) is 0 Å². The Bertz CT molecular complexity index is 1040. The van der Waals surface area contributed by atoms with E-state index in [1.54, 1.807) is 42.5 Å². The predicted octanol–water partition coefficient (Wildman–Crippen LogP) is 2.03. The SMILES string of the molecule is O=C1c2ccccc2N2C(=O)CC[C@@]2(C(=O)O)N1c1ccc2c(c1)OCCO2. The van der Waals surface area contributed by atoms with E-state index in [-0.39, 0.29) is 24.3 Å². The molecule has 2 aromatic rings. The van der Waals surface area contributed by atoms with Crippen LogP contribution in [0.5, 0.6) is 11.5 Å². The maximum atomic E-state index is 13.4. The Morgan fingerprint density at radius 1 is 1.00 bits per heavy atom. The highest BCUT2D eigenvalue weighted by atomic mass is 16.6. The fourth-order valence-corrected chi connectivity index (χ4v) is 4.19. The van der Waals surface area contributed by atoms with Crippen LogP contribution < -0.4 is 19.3 Å². The molecule has 8 heteroatoms. The van der Waals surface area contributed by atoms with Gasteiger partial charge in [-0.2, -0.15) is 0 Å². The molecule has 3 aliphatic rings. The third-order valence-corrected chi connectivity index (χ3v) is 5.38. The number of ether oxygens (including phenoxy) is 2. The number of carbonyl (C=O) groups excluding carboxylic acids is 2. The van der Waals surface area contributed by atoms with Crippen molar-refractivity contribution in [2.24, 2.45) is 0 Å². The van der Waals surface area contributed by atoms with Gasteiger partial charge < -0.3 is 14.6 Å². The average Bonchev–Trinajstić information content (AvgIpc) is 3.06. The molecule has 1 N–H and O–H groups in total. The van der Waals surface area contributed by atoms with E-state index in [4.69, 9.17) is 9.47 Å². The van der Waals surface area contributed by atoms with Crippen molar-refractivity contribution in [2.45, 2.75) is 18.5 Å². The van der Waals surface area contributed by atoms with Crippen LogP contribution in [-0.2, 0) is 9.59 Å². The van der Waals surface area contributed by atoms with Crippen molar-refractivity contribution in [1.29, 1.82) is 0 Å². The molecule has 28 heavy (non-hydrogen) atoms. The number of amides is 2.